The van der Waals surface area contributed by atoms with Crippen LogP contribution < -0.4 is 0 Å². The van der Waals surface area contributed by atoms with E-state index in [0.29, 0.717) is 12.3 Å². The van der Waals surface area contributed by atoms with Crippen LogP contribution in [-0.4, -0.2) is 30.3 Å². The van der Waals surface area contributed by atoms with Crippen LogP contribution in [0.15, 0.2) is 12.1 Å². The highest BCUT2D eigenvalue weighted by molar-refractivity contribution is 5.84. The van der Waals surface area contributed by atoms with Gasteiger partial charge in [-0.3, -0.25) is 9.69 Å². The van der Waals surface area contributed by atoms with Crippen LogP contribution in [-0.2, 0) is 10.2 Å². The summed E-state index contributed by atoms with van der Waals surface area (Å²) in [6.45, 7) is 15.7. The second-order valence-corrected chi connectivity index (χ2v) is 7.37. The Morgan fingerprint density at radius 1 is 1.14 bits per heavy atom. The number of carbonyl (C=O) groups is 1. The molecule has 2 heteroatoms. The summed E-state index contributed by atoms with van der Waals surface area (Å²) in [5, 5.41) is 0. The smallest absolute Gasteiger partial charge is 0.149 e. The molecule has 1 aliphatic rings. The zero-order valence-corrected chi connectivity index (χ0v) is 15.1. The molecule has 0 atom stereocenters. The van der Waals surface area contributed by atoms with Gasteiger partial charge in [-0.1, -0.05) is 38.5 Å². The van der Waals surface area contributed by atoms with Gasteiger partial charge in [0.2, 0.25) is 0 Å². The lowest BCUT2D eigenvalue weighted by Gasteiger charge is -2.47. The zero-order chi connectivity index (χ0) is 16.5. The quantitative estimate of drug-likeness (QED) is 0.785. The van der Waals surface area contributed by atoms with Crippen molar-refractivity contribution >= 4 is 5.78 Å². The first-order valence-corrected chi connectivity index (χ1v) is 8.64. The molecule has 1 fully saturated rings. The van der Waals surface area contributed by atoms with E-state index in [9.17, 15) is 4.79 Å². The average molecular weight is 301 g/mol. The summed E-state index contributed by atoms with van der Waals surface area (Å²) in [6.07, 6.45) is 2.02. The molecule has 2 nitrogen and oxygen atoms in total. The summed E-state index contributed by atoms with van der Waals surface area (Å²) in [7, 11) is 0. The van der Waals surface area contributed by atoms with Gasteiger partial charge in [-0.2, -0.15) is 0 Å². The number of benzene rings is 1. The SMILES string of the molecule is CCN(CC)CC(=O)C1CC(C)(c2c(C)cc(C)cc2C)C1. The van der Waals surface area contributed by atoms with E-state index in [0.717, 1.165) is 25.9 Å². The van der Waals surface area contributed by atoms with Crippen LogP contribution >= 0.6 is 0 Å². The van der Waals surface area contributed by atoms with Crippen molar-refractivity contribution in [2.75, 3.05) is 19.6 Å². The van der Waals surface area contributed by atoms with Crippen LogP contribution in [0.3, 0.4) is 0 Å². The standard InChI is InChI=1S/C20H31NO/c1-7-21(8-2)13-18(22)17-11-20(6,12-17)19-15(4)9-14(3)10-16(19)5/h9-10,17H,7-8,11-13H2,1-6H3. The first-order chi connectivity index (χ1) is 10.3. The minimum absolute atomic E-state index is 0.186. The number of Topliss-reactive ketones (excluding diaryl/α,β-unsaturated/α-hetero) is 1. The largest absolute Gasteiger partial charge is 0.298 e. The van der Waals surface area contributed by atoms with Gasteiger partial charge in [-0.15, -0.1) is 0 Å². The number of ketones is 1. The third-order valence-electron chi connectivity index (χ3n) is 5.40. The number of hydrogen-bond donors (Lipinski definition) is 0. The summed E-state index contributed by atoms with van der Waals surface area (Å²) in [6, 6.07) is 4.55. The zero-order valence-electron chi connectivity index (χ0n) is 15.1. The van der Waals surface area contributed by atoms with Crippen molar-refractivity contribution in [3.63, 3.8) is 0 Å². The Kier molecular flexibility index (Phi) is 5.11. The molecule has 0 aliphatic heterocycles. The van der Waals surface area contributed by atoms with E-state index in [1.165, 1.54) is 22.3 Å². The summed E-state index contributed by atoms with van der Waals surface area (Å²) in [4.78, 5) is 14.7. The molecule has 1 aromatic rings. The van der Waals surface area contributed by atoms with E-state index in [-0.39, 0.29) is 11.3 Å². The fraction of sp³-hybridized carbons (Fsp3) is 0.650. The number of aryl methyl sites for hydroxylation is 3. The highest BCUT2D eigenvalue weighted by atomic mass is 16.1. The molecule has 0 amide bonds. The van der Waals surface area contributed by atoms with Crippen LogP contribution in [0.2, 0.25) is 0 Å². The molecule has 0 heterocycles. The summed E-state index contributed by atoms with van der Waals surface area (Å²) >= 11 is 0. The maximum absolute atomic E-state index is 12.5. The van der Waals surface area contributed by atoms with Crippen molar-refractivity contribution in [1.29, 1.82) is 0 Å². The number of rotatable bonds is 6. The Hall–Kier alpha value is -1.15. The van der Waals surface area contributed by atoms with E-state index in [1.54, 1.807) is 0 Å². The van der Waals surface area contributed by atoms with Gasteiger partial charge in [0.25, 0.3) is 0 Å². The number of carbonyl (C=O) groups excluding carboxylic acids is 1. The fourth-order valence-corrected chi connectivity index (χ4v) is 4.39. The first kappa shape index (κ1) is 17.2. The monoisotopic (exact) mass is 301 g/mol. The Bertz CT molecular complexity index is 528. The van der Waals surface area contributed by atoms with E-state index >= 15 is 0 Å². The lowest BCUT2D eigenvalue weighted by molar-refractivity contribution is -0.128. The summed E-state index contributed by atoms with van der Waals surface area (Å²) in [5.41, 5.74) is 5.76. The highest BCUT2D eigenvalue weighted by Crippen LogP contribution is 2.50. The molecule has 0 saturated heterocycles. The Labute approximate surface area is 135 Å². The number of nitrogens with zero attached hydrogens (tertiary/aromatic N) is 1. The Balaban J connectivity index is 2.07. The van der Waals surface area contributed by atoms with E-state index in [1.807, 2.05) is 0 Å². The Morgan fingerprint density at radius 2 is 1.64 bits per heavy atom. The van der Waals surface area contributed by atoms with Gasteiger partial charge in [0.05, 0.1) is 6.54 Å². The van der Waals surface area contributed by atoms with Gasteiger partial charge in [-0.25, -0.2) is 0 Å². The third kappa shape index (κ3) is 3.27. The van der Waals surface area contributed by atoms with E-state index in [2.05, 4.69) is 58.6 Å². The molecule has 0 unspecified atom stereocenters. The molecular weight excluding hydrogens is 270 g/mol. The molecule has 0 bridgehead atoms. The van der Waals surface area contributed by atoms with Crippen LogP contribution in [0.1, 0.15) is 55.9 Å². The molecule has 22 heavy (non-hydrogen) atoms. The number of likely N-dealkylation sites (N-methyl/N-ethyl adjacent to an activating group) is 1. The van der Waals surface area contributed by atoms with Gasteiger partial charge in [0.1, 0.15) is 5.78 Å². The molecule has 0 N–H and O–H groups in total. The molecule has 1 saturated carbocycles. The third-order valence-corrected chi connectivity index (χ3v) is 5.40. The maximum atomic E-state index is 12.5. The van der Waals surface area contributed by atoms with Crippen molar-refractivity contribution < 1.29 is 4.79 Å². The molecule has 122 valence electrons. The van der Waals surface area contributed by atoms with Crippen molar-refractivity contribution in [3.05, 3.63) is 34.4 Å². The normalized spacial score (nSPS) is 24.4. The topological polar surface area (TPSA) is 20.3 Å². The lowest BCUT2D eigenvalue weighted by atomic mass is 9.57. The van der Waals surface area contributed by atoms with Crippen LogP contribution in [0.25, 0.3) is 0 Å². The second-order valence-electron chi connectivity index (χ2n) is 7.37. The van der Waals surface area contributed by atoms with Crippen LogP contribution in [0, 0.1) is 26.7 Å². The molecule has 2 rings (SSSR count). The molecular formula is C20H31NO. The minimum atomic E-state index is 0.186. The fourth-order valence-electron chi connectivity index (χ4n) is 4.39. The van der Waals surface area contributed by atoms with Crippen molar-refractivity contribution in [2.45, 2.75) is 59.8 Å². The molecule has 1 aliphatic carbocycles. The van der Waals surface area contributed by atoms with Gasteiger partial charge in [-0.05, 0) is 68.8 Å². The molecule has 0 spiro atoms. The lowest BCUT2D eigenvalue weighted by Crippen LogP contribution is -2.46. The second kappa shape index (κ2) is 6.54. The van der Waals surface area contributed by atoms with Crippen LogP contribution in [0.5, 0.6) is 0 Å². The Morgan fingerprint density at radius 3 is 2.09 bits per heavy atom. The van der Waals surface area contributed by atoms with Crippen LogP contribution in [0.4, 0.5) is 0 Å². The molecule has 1 aromatic carbocycles. The van der Waals surface area contributed by atoms with Crippen molar-refractivity contribution in [2.24, 2.45) is 5.92 Å². The van der Waals surface area contributed by atoms with E-state index < -0.39 is 0 Å². The predicted octanol–water partition coefficient (Wildman–Crippen LogP) is 4.19. The summed E-state index contributed by atoms with van der Waals surface area (Å²) in [5.74, 6) is 0.689. The van der Waals surface area contributed by atoms with Gasteiger partial charge < -0.3 is 0 Å². The average Bonchev–Trinajstić information content (AvgIpc) is 2.40. The van der Waals surface area contributed by atoms with Gasteiger partial charge in [0, 0.05) is 5.92 Å². The van der Waals surface area contributed by atoms with E-state index in [4.69, 9.17) is 0 Å². The first-order valence-electron chi connectivity index (χ1n) is 8.64. The van der Waals surface area contributed by atoms with Crippen molar-refractivity contribution in [1.82, 2.24) is 4.90 Å². The molecule has 0 aromatic heterocycles. The molecule has 0 radical (unpaired) electrons. The maximum Gasteiger partial charge on any atom is 0.149 e. The van der Waals surface area contributed by atoms with Crippen molar-refractivity contribution in [3.8, 4) is 0 Å². The predicted molar refractivity (Wildman–Crippen MR) is 93.5 cm³/mol. The number of hydrogen-bond acceptors (Lipinski definition) is 2. The van der Waals surface area contributed by atoms with Gasteiger partial charge >= 0.3 is 0 Å². The highest BCUT2D eigenvalue weighted by Gasteiger charge is 2.45. The minimum Gasteiger partial charge on any atom is -0.298 e. The summed E-state index contributed by atoms with van der Waals surface area (Å²) < 4.78 is 0. The van der Waals surface area contributed by atoms with Gasteiger partial charge in [0.15, 0.2) is 0 Å².